The van der Waals surface area contributed by atoms with E-state index in [1.807, 2.05) is 12.1 Å². The van der Waals surface area contributed by atoms with Crippen molar-refractivity contribution in [2.45, 2.75) is 5.41 Å². The largest absolute Gasteiger partial charge is 0.436 e. The van der Waals surface area contributed by atoms with Gasteiger partial charge in [0.25, 0.3) is 0 Å². The van der Waals surface area contributed by atoms with Crippen molar-refractivity contribution in [1.29, 1.82) is 0 Å². The predicted octanol–water partition coefficient (Wildman–Crippen LogP) is 16.3. The van der Waals surface area contributed by atoms with Gasteiger partial charge in [0.1, 0.15) is 11.1 Å². The van der Waals surface area contributed by atoms with E-state index in [4.69, 9.17) is 9.40 Å². The molecule has 10 aromatic carbocycles. The van der Waals surface area contributed by atoms with E-state index >= 15 is 0 Å². The second kappa shape index (κ2) is 14.4. The molecule has 0 unspecified atom stereocenters. The van der Waals surface area contributed by atoms with Gasteiger partial charge in [0.15, 0.2) is 0 Å². The zero-order valence-corrected chi connectivity index (χ0v) is 37.3. The van der Waals surface area contributed by atoms with Crippen LogP contribution in [0.1, 0.15) is 22.3 Å². The zero-order chi connectivity index (χ0) is 45.2. The van der Waals surface area contributed by atoms with Crippen LogP contribution >= 0.6 is 0 Å². The fraction of sp³-hybridized carbons (Fsp3) is 0.0156. The second-order valence-corrected chi connectivity index (χ2v) is 18.3. The number of furan rings is 1. The SMILES string of the molecule is c1ccc(-c2ccc(N(c3ccc(-c4ccc5c(c4)C4(c6ccccc6-c6ccccc64)c4ccccc4-5)cc3)c3ccc4c(c3)n(-c3ccccc3)c3nc5oc6ccccc6c5n43)cc2)cc1. The van der Waals surface area contributed by atoms with Gasteiger partial charge in [-0.05, 0) is 140 Å². The second-order valence-electron chi connectivity index (χ2n) is 18.3. The topological polar surface area (TPSA) is 38.6 Å². The predicted molar refractivity (Wildman–Crippen MR) is 281 cm³/mol. The summed E-state index contributed by atoms with van der Waals surface area (Å²) in [6, 6.07) is 88.2. The van der Waals surface area contributed by atoms with Crippen LogP contribution in [0.25, 0.3) is 89.2 Å². The van der Waals surface area contributed by atoms with Crippen LogP contribution in [0.2, 0.25) is 0 Å². The quantitative estimate of drug-likeness (QED) is 0.167. The lowest BCUT2D eigenvalue weighted by Crippen LogP contribution is -2.25. The highest BCUT2D eigenvalue weighted by Crippen LogP contribution is 2.63. The summed E-state index contributed by atoms with van der Waals surface area (Å²) in [5.74, 6) is 0.805. The Morgan fingerprint density at radius 2 is 0.899 bits per heavy atom. The number of benzene rings is 10. The average Bonchev–Trinajstić information content (AvgIpc) is 4.20. The molecule has 0 saturated heterocycles. The summed E-state index contributed by atoms with van der Waals surface area (Å²) in [4.78, 5) is 7.53. The van der Waals surface area contributed by atoms with Crippen molar-refractivity contribution >= 4 is 56.1 Å². The highest BCUT2D eigenvalue weighted by Gasteiger charge is 2.51. The lowest BCUT2D eigenvalue weighted by Gasteiger charge is -2.30. The number of aromatic nitrogens is 3. The van der Waals surface area contributed by atoms with Gasteiger partial charge in [-0.2, -0.15) is 4.98 Å². The number of anilines is 3. The summed E-state index contributed by atoms with van der Waals surface area (Å²) in [7, 11) is 0. The molecule has 5 heteroatoms. The van der Waals surface area contributed by atoms with E-state index in [0.29, 0.717) is 5.71 Å². The van der Waals surface area contributed by atoms with Gasteiger partial charge in [0.05, 0.1) is 16.4 Å². The summed E-state index contributed by atoms with van der Waals surface area (Å²) in [5, 5.41) is 1.04. The Bertz CT molecular complexity index is 4120. The van der Waals surface area contributed by atoms with Gasteiger partial charge in [-0.25, -0.2) is 0 Å². The molecular weight excluding hydrogens is 841 g/mol. The summed E-state index contributed by atoms with van der Waals surface area (Å²) < 4.78 is 10.8. The molecule has 3 aromatic heterocycles. The molecular formula is C64H40N4O. The molecule has 0 radical (unpaired) electrons. The van der Waals surface area contributed by atoms with Crippen LogP contribution < -0.4 is 4.90 Å². The number of fused-ring (bicyclic) bond motifs is 17. The molecule has 15 rings (SSSR count). The smallest absolute Gasteiger partial charge is 0.248 e. The van der Waals surface area contributed by atoms with Crippen LogP contribution in [0, 0.1) is 0 Å². The van der Waals surface area contributed by atoms with Crippen molar-refractivity contribution in [1.82, 2.24) is 14.0 Å². The molecule has 13 aromatic rings. The standard InChI is InChI=1S/C64H40N4O/c1-3-15-41(16-4-1)42-27-32-46(33-28-42)66(48-36-38-58-59(40-48)67(45-17-5-2-6-18-45)63-65-62-61(68(58)63)53-22-10-14-26-60(53)69-62)47-34-29-43(30-35-47)44-31-37-52-51-21-9-13-25-56(51)64(57(52)39-44)54-23-11-7-19-49(54)50-20-8-12-24-55(50)64/h1-40H. The number of imidazole rings is 2. The molecule has 2 aliphatic carbocycles. The third-order valence-corrected chi connectivity index (χ3v) is 14.8. The van der Waals surface area contributed by atoms with Gasteiger partial charge in [0, 0.05) is 28.1 Å². The first-order valence-electron chi connectivity index (χ1n) is 23.6. The molecule has 0 N–H and O–H groups in total. The highest BCUT2D eigenvalue weighted by atomic mass is 16.3. The molecule has 2 aliphatic rings. The number of nitrogens with zero attached hydrogens (tertiary/aromatic N) is 4. The van der Waals surface area contributed by atoms with Gasteiger partial charge < -0.3 is 9.32 Å². The van der Waals surface area contributed by atoms with E-state index in [-0.39, 0.29) is 0 Å². The molecule has 0 saturated carbocycles. The van der Waals surface area contributed by atoms with Crippen LogP contribution in [-0.4, -0.2) is 14.0 Å². The Hall–Kier alpha value is -9.19. The lowest BCUT2D eigenvalue weighted by atomic mass is 9.70. The molecule has 3 heterocycles. The molecule has 0 atom stereocenters. The molecule has 0 amide bonds. The number of hydrogen-bond acceptors (Lipinski definition) is 3. The van der Waals surface area contributed by atoms with Crippen LogP contribution in [0.15, 0.2) is 247 Å². The number of rotatable bonds is 6. The van der Waals surface area contributed by atoms with Gasteiger partial charge >= 0.3 is 0 Å². The van der Waals surface area contributed by atoms with Crippen molar-refractivity contribution < 1.29 is 4.42 Å². The monoisotopic (exact) mass is 880 g/mol. The zero-order valence-electron chi connectivity index (χ0n) is 37.3. The summed E-state index contributed by atoms with van der Waals surface area (Å²) in [6.45, 7) is 0. The number of para-hydroxylation sites is 2. The Kier molecular flexibility index (Phi) is 7.93. The number of hydrogen-bond donors (Lipinski definition) is 0. The lowest BCUT2D eigenvalue weighted by molar-refractivity contribution is 0.656. The molecule has 0 fully saturated rings. The van der Waals surface area contributed by atoms with E-state index in [1.165, 1.54) is 61.2 Å². The van der Waals surface area contributed by atoms with Crippen LogP contribution in [0.3, 0.4) is 0 Å². The minimum Gasteiger partial charge on any atom is -0.436 e. The van der Waals surface area contributed by atoms with Crippen molar-refractivity contribution in [3.63, 3.8) is 0 Å². The fourth-order valence-electron chi connectivity index (χ4n) is 11.8. The van der Waals surface area contributed by atoms with Gasteiger partial charge in [0.2, 0.25) is 11.5 Å². The van der Waals surface area contributed by atoms with Crippen LogP contribution in [0.4, 0.5) is 17.1 Å². The first-order chi connectivity index (χ1) is 34.2. The van der Waals surface area contributed by atoms with Crippen molar-refractivity contribution in [3.8, 4) is 50.2 Å². The average molecular weight is 881 g/mol. The van der Waals surface area contributed by atoms with E-state index in [0.717, 1.165) is 61.6 Å². The molecule has 5 nitrogen and oxygen atoms in total. The van der Waals surface area contributed by atoms with E-state index < -0.39 is 5.41 Å². The van der Waals surface area contributed by atoms with Crippen molar-refractivity contribution in [3.05, 3.63) is 265 Å². The Morgan fingerprint density at radius 3 is 1.55 bits per heavy atom. The Morgan fingerprint density at radius 1 is 0.391 bits per heavy atom. The van der Waals surface area contributed by atoms with E-state index in [2.05, 4.69) is 244 Å². The van der Waals surface area contributed by atoms with Gasteiger partial charge in [-0.1, -0.05) is 170 Å². The van der Waals surface area contributed by atoms with Gasteiger partial charge in [-0.3, -0.25) is 8.97 Å². The molecule has 1 spiro atoms. The van der Waals surface area contributed by atoms with Crippen molar-refractivity contribution in [2.75, 3.05) is 4.90 Å². The Balaban J connectivity index is 0.896. The third kappa shape index (κ3) is 5.32. The van der Waals surface area contributed by atoms with E-state index in [9.17, 15) is 0 Å². The summed E-state index contributed by atoms with van der Waals surface area (Å²) in [6.07, 6.45) is 0. The normalized spacial score (nSPS) is 13.0. The fourth-order valence-corrected chi connectivity index (χ4v) is 11.8. The minimum atomic E-state index is -0.397. The molecule has 69 heavy (non-hydrogen) atoms. The van der Waals surface area contributed by atoms with Crippen LogP contribution in [-0.2, 0) is 5.41 Å². The highest BCUT2D eigenvalue weighted by molar-refractivity contribution is 6.06. The maximum absolute atomic E-state index is 6.33. The third-order valence-electron chi connectivity index (χ3n) is 14.8. The van der Waals surface area contributed by atoms with Crippen molar-refractivity contribution in [2.24, 2.45) is 0 Å². The summed E-state index contributed by atoms with van der Waals surface area (Å²) >= 11 is 0. The maximum atomic E-state index is 6.33. The first kappa shape index (κ1) is 38.0. The van der Waals surface area contributed by atoms with Crippen LogP contribution in [0.5, 0.6) is 0 Å². The van der Waals surface area contributed by atoms with Gasteiger partial charge in [-0.15, -0.1) is 0 Å². The minimum absolute atomic E-state index is 0.397. The maximum Gasteiger partial charge on any atom is 0.248 e. The Labute approximate surface area is 398 Å². The molecule has 0 bridgehead atoms. The summed E-state index contributed by atoms with van der Waals surface area (Å²) in [5.41, 5.74) is 23.6. The first-order valence-corrected chi connectivity index (χ1v) is 23.6. The molecule has 0 aliphatic heterocycles. The molecule has 322 valence electrons. The van der Waals surface area contributed by atoms with E-state index in [1.54, 1.807) is 0 Å².